The third-order valence-corrected chi connectivity index (χ3v) is 2.63. The van der Waals surface area contributed by atoms with Gasteiger partial charge in [0, 0.05) is 31.8 Å². The normalized spacial score (nSPS) is 10.3. The van der Waals surface area contributed by atoms with E-state index < -0.39 is 16.4 Å². The molecule has 0 N–H and O–H groups in total. The zero-order chi connectivity index (χ0) is 14.4. The minimum atomic E-state index is -1.02. The molecular weight excluding hydrogens is 255 g/mol. The minimum absolute atomic E-state index is 0.0843. The highest BCUT2D eigenvalue weighted by molar-refractivity contribution is 5.94. The molecule has 0 fully saturated rings. The second-order valence-electron chi connectivity index (χ2n) is 3.80. The Bertz CT molecular complexity index is 479. The van der Waals surface area contributed by atoms with E-state index in [0.717, 1.165) is 12.1 Å². The van der Waals surface area contributed by atoms with Crippen LogP contribution in [0.5, 0.6) is 0 Å². The Morgan fingerprint density at radius 1 is 1.53 bits per heavy atom. The fraction of sp³-hybridized carbons (Fsp3) is 0.417. The van der Waals surface area contributed by atoms with Crippen molar-refractivity contribution in [2.24, 2.45) is 0 Å². The maximum atomic E-state index is 13.4. The number of likely N-dealkylation sites (N-methyl/N-ethyl adjacent to an activating group) is 1. The fourth-order valence-corrected chi connectivity index (χ4v) is 1.58. The lowest BCUT2D eigenvalue weighted by Crippen LogP contribution is -2.33. The number of nitro groups is 1. The van der Waals surface area contributed by atoms with Crippen molar-refractivity contribution in [3.8, 4) is 0 Å². The van der Waals surface area contributed by atoms with Gasteiger partial charge in [-0.15, -0.1) is 0 Å². The molecule has 0 radical (unpaired) electrons. The van der Waals surface area contributed by atoms with Gasteiger partial charge in [0.2, 0.25) is 5.82 Å². The van der Waals surface area contributed by atoms with Gasteiger partial charge in [-0.25, -0.2) is 0 Å². The first kappa shape index (κ1) is 15.0. The monoisotopic (exact) mass is 270 g/mol. The van der Waals surface area contributed by atoms with Crippen molar-refractivity contribution >= 4 is 11.6 Å². The summed E-state index contributed by atoms with van der Waals surface area (Å²) in [6, 6.07) is 3.13. The fourth-order valence-electron chi connectivity index (χ4n) is 1.58. The number of hydrogen-bond acceptors (Lipinski definition) is 4. The smallest absolute Gasteiger partial charge is 0.304 e. The van der Waals surface area contributed by atoms with Gasteiger partial charge in [-0.2, -0.15) is 4.39 Å². The van der Waals surface area contributed by atoms with E-state index in [9.17, 15) is 19.3 Å². The summed E-state index contributed by atoms with van der Waals surface area (Å²) in [5.74, 6) is -1.40. The summed E-state index contributed by atoms with van der Waals surface area (Å²) >= 11 is 0. The highest BCUT2D eigenvalue weighted by Crippen LogP contribution is 2.18. The maximum absolute atomic E-state index is 13.4. The Balaban J connectivity index is 2.93. The standard InChI is InChI=1S/C12H15FN2O4/c1-3-14(6-7-19-2)12(16)9-4-5-11(15(17)18)10(13)8-9/h4-5,8H,3,6-7H2,1-2H3. The summed E-state index contributed by atoms with van der Waals surface area (Å²) in [5.41, 5.74) is -0.558. The second kappa shape index (κ2) is 6.79. The van der Waals surface area contributed by atoms with E-state index in [1.54, 1.807) is 6.92 Å². The van der Waals surface area contributed by atoms with Gasteiger partial charge in [-0.05, 0) is 19.1 Å². The highest BCUT2D eigenvalue weighted by Gasteiger charge is 2.19. The van der Waals surface area contributed by atoms with E-state index in [1.807, 2.05) is 0 Å². The number of nitrogens with zero attached hydrogens (tertiary/aromatic N) is 2. The first-order valence-corrected chi connectivity index (χ1v) is 5.73. The summed E-state index contributed by atoms with van der Waals surface area (Å²) in [5, 5.41) is 10.5. The quantitative estimate of drug-likeness (QED) is 0.584. The molecule has 1 rings (SSSR count). The van der Waals surface area contributed by atoms with Crippen LogP contribution in [0.1, 0.15) is 17.3 Å². The summed E-state index contributed by atoms with van der Waals surface area (Å²) in [7, 11) is 1.52. The van der Waals surface area contributed by atoms with Crippen LogP contribution < -0.4 is 0 Å². The van der Waals surface area contributed by atoms with Crippen LogP contribution in [0.15, 0.2) is 18.2 Å². The van der Waals surface area contributed by atoms with E-state index in [1.165, 1.54) is 18.1 Å². The average molecular weight is 270 g/mol. The molecule has 1 aromatic carbocycles. The van der Waals surface area contributed by atoms with E-state index in [4.69, 9.17) is 4.74 Å². The van der Waals surface area contributed by atoms with E-state index in [2.05, 4.69) is 0 Å². The zero-order valence-electron chi connectivity index (χ0n) is 10.8. The van der Waals surface area contributed by atoms with Crippen molar-refractivity contribution in [2.45, 2.75) is 6.92 Å². The summed E-state index contributed by atoms with van der Waals surface area (Å²) in [6.45, 7) is 2.98. The van der Waals surface area contributed by atoms with Crippen LogP contribution >= 0.6 is 0 Å². The van der Waals surface area contributed by atoms with E-state index in [0.29, 0.717) is 19.7 Å². The van der Waals surface area contributed by atoms with Crippen molar-refractivity contribution < 1.29 is 18.8 Å². The first-order valence-electron chi connectivity index (χ1n) is 5.73. The molecule has 0 bridgehead atoms. The van der Waals surface area contributed by atoms with E-state index in [-0.39, 0.29) is 11.5 Å². The Kier molecular flexibility index (Phi) is 5.37. The molecule has 1 amide bonds. The molecule has 0 spiro atoms. The van der Waals surface area contributed by atoms with Crippen molar-refractivity contribution in [1.82, 2.24) is 4.90 Å². The maximum Gasteiger partial charge on any atom is 0.304 e. The molecule has 0 saturated carbocycles. The minimum Gasteiger partial charge on any atom is -0.383 e. The highest BCUT2D eigenvalue weighted by atomic mass is 19.1. The number of carbonyl (C=O) groups excluding carboxylic acids is 1. The number of methoxy groups -OCH3 is 1. The van der Waals surface area contributed by atoms with Crippen molar-refractivity contribution in [3.05, 3.63) is 39.7 Å². The first-order chi connectivity index (χ1) is 9.01. The molecule has 104 valence electrons. The van der Waals surface area contributed by atoms with Gasteiger partial charge in [0.05, 0.1) is 11.5 Å². The summed E-state index contributed by atoms with van der Waals surface area (Å²) < 4.78 is 18.3. The Hall–Kier alpha value is -2.02. The van der Waals surface area contributed by atoms with Crippen molar-refractivity contribution in [2.75, 3.05) is 26.8 Å². The third-order valence-electron chi connectivity index (χ3n) is 2.63. The second-order valence-corrected chi connectivity index (χ2v) is 3.80. The van der Waals surface area contributed by atoms with Crippen molar-refractivity contribution in [3.63, 3.8) is 0 Å². The van der Waals surface area contributed by atoms with Crippen LogP contribution in [0.25, 0.3) is 0 Å². The van der Waals surface area contributed by atoms with Crippen LogP contribution in [0.3, 0.4) is 0 Å². The number of carbonyl (C=O) groups is 1. The topological polar surface area (TPSA) is 72.7 Å². The zero-order valence-corrected chi connectivity index (χ0v) is 10.8. The molecule has 0 aromatic heterocycles. The molecule has 0 heterocycles. The van der Waals surface area contributed by atoms with Crippen LogP contribution in [-0.2, 0) is 4.74 Å². The summed E-state index contributed by atoms with van der Waals surface area (Å²) in [4.78, 5) is 23.2. The predicted octanol–water partition coefficient (Wildman–Crippen LogP) is 1.84. The van der Waals surface area contributed by atoms with Crippen molar-refractivity contribution in [1.29, 1.82) is 0 Å². The van der Waals surface area contributed by atoms with Gasteiger partial charge >= 0.3 is 5.69 Å². The molecular formula is C12H15FN2O4. The van der Waals surface area contributed by atoms with Gasteiger partial charge < -0.3 is 9.64 Å². The average Bonchev–Trinajstić information content (AvgIpc) is 2.38. The molecule has 1 aromatic rings. The molecule has 0 aliphatic heterocycles. The molecule has 0 unspecified atom stereocenters. The number of rotatable bonds is 6. The molecule has 19 heavy (non-hydrogen) atoms. The van der Waals surface area contributed by atoms with Gasteiger partial charge in [-0.1, -0.05) is 0 Å². The van der Waals surface area contributed by atoms with Crippen LogP contribution in [0.2, 0.25) is 0 Å². The van der Waals surface area contributed by atoms with Crippen LogP contribution in [0.4, 0.5) is 10.1 Å². The number of benzene rings is 1. The number of amides is 1. The predicted molar refractivity (Wildman–Crippen MR) is 66.5 cm³/mol. The largest absolute Gasteiger partial charge is 0.383 e. The molecule has 0 aliphatic rings. The number of ether oxygens (including phenoxy) is 1. The SMILES string of the molecule is CCN(CCOC)C(=O)c1ccc([N+](=O)[O-])c(F)c1. The Morgan fingerprint density at radius 2 is 2.21 bits per heavy atom. The molecule has 0 saturated heterocycles. The van der Waals surface area contributed by atoms with Crippen LogP contribution in [0, 0.1) is 15.9 Å². The Labute approximate surface area is 109 Å². The van der Waals surface area contributed by atoms with Gasteiger partial charge in [0.15, 0.2) is 0 Å². The lowest BCUT2D eigenvalue weighted by atomic mass is 10.1. The number of hydrogen-bond donors (Lipinski definition) is 0. The van der Waals surface area contributed by atoms with Gasteiger partial charge in [-0.3, -0.25) is 14.9 Å². The third kappa shape index (κ3) is 3.72. The summed E-state index contributed by atoms with van der Waals surface area (Å²) in [6.07, 6.45) is 0. The lowest BCUT2D eigenvalue weighted by molar-refractivity contribution is -0.387. The van der Waals surface area contributed by atoms with E-state index >= 15 is 0 Å². The molecule has 7 heteroatoms. The number of halogens is 1. The molecule has 6 nitrogen and oxygen atoms in total. The lowest BCUT2D eigenvalue weighted by Gasteiger charge is -2.20. The van der Waals surface area contributed by atoms with Gasteiger partial charge in [0.1, 0.15) is 0 Å². The molecule has 0 aliphatic carbocycles. The molecule has 0 atom stereocenters. The number of nitro benzene ring substituents is 1. The van der Waals surface area contributed by atoms with Gasteiger partial charge in [0.25, 0.3) is 5.91 Å². The Morgan fingerprint density at radius 3 is 2.68 bits per heavy atom. The van der Waals surface area contributed by atoms with Crippen LogP contribution in [-0.4, -0.2) is 42.5 Å².